The third-order valence-electron chi connectivity index (χ3n) is 4.54. The highest BCUT2D eigenvalue weighted by molar-refractivity contribution is 5.90. The Morgan fingerprint density at radius 2 is 1.81 bits per heavy atom. The minimum absolute atomic E-state index is 0.0686. The predicted molar refractivity (Wildman–Crippen MR) is 94.9 cm³/mol. The molecule has 2 heterocycles. The van der Waals surface area contributed by atoms with E-state index in [1.165, 1.54) is 4.80 Å². The molecule has 0 bridgehead atoms. The zero-order valence-corrected chi connectivity index (χ0v) is 15.0. The number of para-hydroxylation sites is 1. The Labute approximate surface area is 156 Å². The monoisotopic (exact) mass is 371 g/mol. The Morgan fingerprint density at radius 3 is 2.44 bits per heavy atom. The van der Waals surface area contributed by atoms with Crippen LogP contribution in [0.15, 0.2) is 30.3 Å². The van der Waals surface area contributed by atoms with Gasteiger partial charge in [-0.25, -0.2) is 4.79 Å². The largest absolute Gasteiger partial charge is 0.451 e. The minimum atomic E-state index is -0.699. The number of hydrogen-bond donors (Lipinski definition) is 1. The van der Waals surface area contributed by atoms with Crippen molar-refractivity contribution >= 4 is 17.8 Å². The maximum atomic E-state index is 12.3. The standard InChI is InChI=1S/C18H21N5O4/c1-12-16(21-23(20-12)14-5-3-2-4-6-14)18(26)27-11-15(24)22-9-7-13(8-10-22)17(19)25/h2-6,13H,7-11H2,1H3,(H2,19,25). The second-order valence-corrected chi connectivity index (χ2v) is 6.39. The Balaban J connectivity index is 1.56. The predicted octanol–water partition coefficient (Wildman–Crippen LogP) is 0.456. The summed E-state index contributed by atoms with van der Waals surface area (Å²) in [6.07, 6.45) is 1.05. The summed E-state index contributed by atoms with van der Waals surface area (Å²) in [5.41, 5.74) is 6.48. The number of esters is 1. The third-order valence-corrected chi connectivity index (χ3v) is 4.54. The number of carbonyl (C=O) groups excluding carboxylic acids is 3. The zero-order valence-electron chi connectivity index (χ0n) is 15.0. The molecule has 2 N–H and O–H groups in total. The quantitative estimate of drug-likeness (QED) is 0.762. The van der Waals surface area contributed by atoms with Gasteiger partial charge in [0.05, 0.1) is 11.4 Å². The number of primary amides is 1. The summed E-state index contributed by atoms with van der Waals surface area (Å²) in [5.74, 6) is -1.55. The van der Waals surface area contributed by atoms with Crippen LogP contribution < -0.4 is 5.73 Å². The Hall–Kier alpha value is -3.23. The number of hydrogen-bond acceptors (Lipinski definition) is 6. The number of ether oxygens (including phenoxy) is 1. The van der Waals surface area contributed by atoms with E-state index in [-0.39, 0.29) is 30.0 Å². The molecule has 0 spiro atoms. The lowest BCUT2D eigenvalue weighted by Crippen LogP contribution is -2.43. The molecule has 1 aliphatic heterocycles. The van der Waals surface area contributed by atoms with E-state index in [2.05, 4.69) is 10.2 Å². The van der Waals surface area contributed by atoms with E-state index in [9.17, 15) is 14.4 Å². The van der Waals surface area contributed by atoms with E-state index in [4.69, 9.17) is 10.5 Å². The molecule has 0 saturated carbocycles. The number of carbonyl (C=O) groups is 3. The van der Waals surface area contributed by atoms with Crippen molar-refractivity contribution < 1.29 is 19.1 Å². The summed E-state index contributed by atoms with van der Waals surface area (Å²) >= 11 is 0. The first-order valence-corrected chi connectivity index (χ1v) is 8.69. The minimum Gasteiger partial charge on any atom is -0.451 e. The van der Waals surface area contributed by atoms with Crippen LogP contribution in [0.4, 0.5) is 0 Å². The molecule has 0 atom stereocenters. The molecule has 142 valence electrons. The van der Waals surface area contributed by atoms with E-state index in [1.54, 1.807) is 11.8 Å². The molecule has 2 aromatic rings. The molecule has 3 rings (SSSR count). The van der Waals surface area contributed by atoms with Gasteiger partial charge < -0.3 is 15.4 Å². The second kappa shape index (κ2) is 7.98. The summed E-state index contributed by atoms with van der Waals surface area (Å²) < 4.78 is 5.11. The first-order chi connectivity index (χ1) is 13.0. The van der Waals surface area contributed by atoms with Crippen LogP contribution in [-0.2, 0) is 14.3 Å². The van der Waals surface area contributed by atoms with Crippen molar-refractivity contribution in [3.8, 4) is 5.69 Å². The zero-order chi connectivity index (χ0) is 19.4. The van der Waals surface area contributed by atoms with Gasteiger partial charge >= 0.3 is 5.97 Å². The molecule has 1 aliphatic rings. The van der Waals surface area contributed by atoms with Crippen molar-refractivity contribution in [1.82, 2.24) is 19.9 Å². The summed E-state index contributed by atoms with van der Waals surface area (Å²) in [7, 11) is 0. The van der Waals surface area contributed by atoms with Gasteiger partial charge in [-0.3, -0.25) is 9.59 Å². The van der Waals surface area contributed by atoms with Crippen LogP contribution in [0.2, 0.25) is 0 Å². The van der Waals surface area contributed by atoms with Gasteiger partial charge in [0.25, 0.3) is 5.91 Å². The molecule has 27 heavy (non-hydrogen) atoms. The summed E-state index contributed by atoms with van der Waals surface area (Å²) in [6.45, 7) is 2.12. The third kappa shape index (κ3) is 4.30. The number of nitrogens with zero attached hydrogens (tertiary/aromatic N) is 4. The van der Waals surface area contributed by atoms with Gasteiger partial charge in [0.1, 0.15) is 0 Å². The van der Waals surface area contributed by atoms with Gasteiger partial charge in [-0.15, -0.1) is 5.10 Å². The average molecular weight is 371 g/mol. The maximum absolute atomic E-state index is 12.3. The Morgan fingerprint density at radius 1 is 1.15 bits per heavy atom. The molecule has 9 heteroatoms. The normalized spacial score (nSPS) is 14.8. The number of piperidine rings is 1. The van der Waals surface area contributed by atoms with E-state index < -0.39 is 5.97 Å². The Kier molecular flexibility index (Phi) is 5.49. The fraction of sp³-hybridized carbons (Fsp3) is 0.389. The lowest BCUT2D eigenvalue weighted by molar-refractivity contribution is -0.137. The molecular formula is C18H21N5O4. The number of benzene rings is 1. The lowest BCUT2D eigenvalue weighted by atomic mass is 9.96. The van der Waals surface area contributed by atoms with Crippen LogP contribution in [0.25, 0.3) is 5.69 Å². The molecule has 0 radical (unpaired) electrons. The van der Waals surface area contributed by atoms with Crippen LogP contribution in [0, 0.1) is 12.8 Å². The highest BCUT2D eigenvalue weighted by atomic mass is 16.5. The van der Waals surface area contributed by atoms with Crippen LogP contribution in [0.1, 0.15) is 29.0 Å². The SMILES string of the molecule is Cc1nn(-c2ccccc2)nc1C(=O)OCC(=O)N1CCC(C(N)=O)CC1. The highest BCUT2D eigenvalue weighted by Crippen LogP contribution is 2.17. The smallest absolute Gasteiger partial charge is 0.361 e. The summed E-state index contributed by atoms with van der Waals surface area (Å²) in [4.78, 5) is 38.6. The summed E-state index contributed by atoms with van der Waals surface area (Å²) in [5, 5.41) is 8.36. The molecule has 0 unspecified atom stereocenters. The van der Waals surface area contributed by atoms with Crippen LogP contribution in [-0.4, -0.2) is 57.4 Å². The number of aromatic nitrogens is 3. The van der Waals surface area contributed by atoms with Crippen molar-refractivity contribution in [3.63, 3.8) is 0 Å². The average Bonchev–Trinajstić information content (AvgIpc) is 3.08. The molecule has 2 amide bonds. The fourth-order valence-corrected chi connectivity index (χ4v) is 2.94. The van der Waals surface area contributed by atoms with Crippen molar-refractivity contribution in [1.29, 1.82) is 0 Å². The molecule has 1 aromatic carbocycles. The van der Waals surface area contributed by atoms with Gasteiger partial charge in [-0.2, -0.15) is 9.90 Å². The molecule has 1 saturated heterocycles. The van der Waals surface area contributed by atoms with Gasteiger partial charge in [0, 0.05) is 19.0 Å². The molecule has 1 aromatic heterocycles. The van der Waals surface area contributed by atoms with E-state index in [0.29, 0.717) is 37.3 Å². The first kappa shape index (κ1) is 18.6. The van der Waals surface area contributed by atoms with Crippen molar-refractivity contribution in [2.24, 2.45) is 11.7 Å². The topological polar surface area (TPSA) is 120 Å². The van der Waals surface area contributed by atoms with E-state index >= 15 is 0 Å². The number of likely N-dealkylation sites (tertiary alicyclic amines) is 1. The van der Waals surface area contributed by atoms with Crippen LogP contribution in [0.3, 0.4) is 0 Å². The second-order valence-electron chi connectivity index (χ2n) is 6.39. The van der Waals surface area contributed by atoms with Gasteiger partial charge in [0.2, 0.25) is 5.91 Å². The Bertz CT molecular complexity index is 841. The molecule has 0 aliphatic carbocycles. The van der Waals surface area contributed by atoms with Crippen LogP contribution in [0.5, 0.6) is 0 Å². The number of amides is 2. The first-order valence-electron chi connectivity index (χ1n) is 8.69. The number of nitrogens with two attached hydrogens (primary N) is 1. The van der Waals surface area contributed by atoms with E-state index in [1.807, 2.05) is 30.3 Å². The summed E-state index contributed by atoms with van der Waals surface area (Å²) in [6, 6.07) is 9.17. The molecular weight excluding hydrogens is 350 g/mol. The molecule has 1 fully saturated rings. The van der Waals surface area contributed by atoms with Gasteiger partial charge in [0.15, 0.2) is 12.3 Å². The maximum Gasteiger partial charge on any atom is 0.361 e. The van der Waals surface area contributed by atoms with Crippen molar-refractivity contribution in [2.45, 2.75) is 19.8 Å². The number of aryl methyl sites for hydroxylation is 1. The van der Waals surface area contributed by atoms with Crippen molar-refractivity contribution in [3.05, 3.63) is 41.7 Å². The van der Waals surface area contributed by atoms with Crippen LogP contribution >= 0.6 is 0 Å². The van der Waals surface area contributed by atoms with Gasteiger partial charge in [-0.05, 0) is 31.9 Å². The highest BCUT2D eigenvalue weighted by Gasteiger charge is 2.27. The number of rotatable bonds is 5. The van der Waals surface area contributed by atoms with Gasteiger partial charge in [-0.1, -0.05) is 18.2 Å². The molecule has 9 nitrogen and oxygen atoms in total. The van der Waals surface area contributed by atoms with Crippen molar-refractivity contribution in [2.75, 3.05) is 19.7 Å². The fourth-order valence-electron chi connectivity index (χ4n) is 2.94. The van der Waals surface area contributed by atoms with E-state index in [0.717, 1.165) is 0 Å². The lowest BCUT2D eigenvalue weighted by Gasteiger charge is -2.30.